The number of halogens is 1. The van der Waals surface area contributed by atoms with Gasteiger partial charge in [-0.15, -0.1) is 11.3 Å². The zero-order valence-corrected chi connectivity index (χ0v) is 17.4. The van der Waals surface area contributed by atoms with Crippen molar-refractivity contribution in [1.29, 1.82) is 5.26 Å². The van der Waals surface area contributed by atoms with E-state index in [1.807, 2.05) is 6.07 Å². The number of thiazole rings is 1. The Hall–Kier alpha value is -2.26. The van der Waals surface area contributed by atoms with Gasteiger partial charge in [0, 0.05) is 30.7 Å². The first-order chi connectivity index (χ1) is 14.0. The molecule has 29 heavy (non-hydrogen) atoms. The molecule has 1 fully saturated rings. The molecule has 0 saturated carbocycles. The fraction of sp³-hybridized carbons (Fsp3) is 0.444. The lowest BCUT2D eigenvalue weighted by molar-refractivity contribution is 0.530. The molecule has 0 unspecified atom stereocenters. The van der Waals surface area contributed by atoms with Crippen LogP contribution >= 0.6 is 11.3 Å². The summed E-state index contributed by atoms with van der Waals surface area (Å²) >= 11 is 1.08. The average Bonchev–Trinajstić information content (AvgIpc) is 3.38. The normalized spacial score (nSPS) is 16.5. The summed E-state index contributed by atoms with van der Waals surface area (Å²) in [4.78, 5) is 3.25. The Morgan fingerprint density at radius 3 is 2.86 bits per heavy atom. The van der Waals surface area contributed by atoms with Crippen molar-refractivity contribution in [2.45, 2.75) is 30.2 Å². The molecule has 1 atom stereocenters. The summed E-state index contributed by atoms with van der Waals surface area (Å²) in [5.41, 5.74) is 0.354. The Balaban J connectivity index is 1.57. The molecule has 4 N–H and O–H groups in total. The molecule has 1 aromatic carbocycles. The lowest BCUT2D eigenvalue weighted by Crippen LogP contribution is -2.31. The van der Waals surface area contributed by atoms with Crippen molar-refractivity contribution >= 4 is 32.2 Å². The van der Waals surface area contributed by atoms with Gasteiger partial charge >= 0.3 is 0 Å². The van der Waals surface area contributed by atoms with Gasteiger partial charge in [0.25, 0.3) is 10.0 Å². The maximum atomic E-state index is 14.5. The molecule has 0 bridgehead atoms. The lowest BCUT2D eigenvalue weighted by atomic mass is 10.2. The number of nitrogens with zero attached hydrogens (tertiary/aromatic N) is 2. The standard InChI is InChI=1S/C18H23FN6O2S2/c19-15-10-16(23-5-2-1-4-22-14-3-6-21-12-14)13(11-20)9-17(15)29(26,27)25-18-24-7-8-28-18/h7-10,14,21-23H,1-6,12H2,(H,24,25)/t14-/m1/s1. The second-order valence-electron chi connectivity index (χ2n) is 6.66. The van der Waals surface area contributed by atoms with Crippen LogP contribution in [0.5, 0.6) is 0 Å². The molecule has 0 amide bonds. The minimum absolute atomic E-state index is 0.0704. The third-order valence-electron chi connectivity index (χ3n) is 4.55. The van der Waals surface area contributed by atoms with Gasteiger partial charge in [-0.1, -0.05) is 0 Å². The molecule has 0 radical (unpaired) electrons. The maximum absolute atomic E-state index is 14.5. The Labute approximate surface area is 173 Å². The fourth-order valence-electron chi connectivity index (χ4n) is 3.05. The number of rotatable bonds is 10. The largest absolute Gasteiger partial charge is 0.384 e. The summed E-state index contributed by atoms with van der Waals surface area (Å²) in [5, 5.41) is 20.9. The molecule has 1 saturated heterocycles. The van der Waals surface area contributed by atoms with Crippen LogP contribution in [0.25, 0.3) is 0 Å². The molecule has 2 aromatic rings. The van der Waals surface area contributed by atoms with Crippen molar-refractivity contribution in [2.24, 2.45) is 0 Å². The minimum atomic E-state index is -4.17. The highest BCUT2D eigenvalue weighted by atomic mass is 32.2. The SMILES string of the molecule is N#Cc1cc(S(=O)(=O)Nc2nccs2)c(F)cc1NCCCCN[C@@H]1CCNC1. The lowest BCUT2D eigenvalue weighted by Gasteiger charge is -2.13. The monoisotopic (exact) mass is 438 g/mol. The van der Waals surface area contributed by atoms with E-state index in [9.17, 15) is 18.1 Å². The minimum Gasteiger partial charge on any atom is -0.384 e. The Bertz CT molecular complexity index is 953. The van der Waals surface area contributed by atoms with E-state index >= 15 is 0 Å². The predicted octanol–water partition coefficient (Wildman–Crippen LogP) is 2.10. The van der Waals surface area contributed by atoms with Gasteiger partial charge in [-0.05, 0) is 44.5 Å². The third-order valence-corrected chi connectivity index (χ3v) is 6.72. The van der Waals surface area contributed by atoms with Crippen LogP contribution in [0.2, 0.25) is 0 Å². The summed E-state index contributed by atoms with van der Waals surface area (Å²) in [6.07, 6.45) is 4.35. The number of sulfonamides is 1. The van der Waals surface area contributed by atoms with E-state index in [1.54, 1.807) is 5.38 Å². The number of nitrogens with one attached hydrogen (secondary N) is 4. The van der Waals surface area contributed by atoms with Crippen molar-refractivity contribution in [3.05, 3.63) is 35.1 Å². The average molecular weight is 439 g/mol. The molecular weight excluding hydrogens is 415 g/mol. The highest BCUT2D eigenvalue weighted by Gasteiger charge is 2.23. The van der Waals surface area contributed by atoms with Crippen LogP contribution in [0, 0.1) is 17.1 Å². The first-order valence-electron chi connectivity index (χ1n) is 9.33. The van der Waals surface area contributed by atoms with Crippen LogP contribution in [0.3, 0.4) is 0 Å². The maximum Gasteiger partial charge on any atom is 0.266 e. The summed E-state index contributed by atoms with van der Waals surface area (Å²) in [7, 11) is -4.17. The zero-order chi connectivity index (χ0) is 20.7. The molecule has 2 heterocycles. The molecule has 11 heteroatoms. The topological polar surface area (TPSA) is 119 Å². The van der Waals surface area contributed by atoms with E-state index in [0.717, 1.165) is 62.4 Å². The van der Waals surface area contributed by atoms with Gasteiger partial charge in [0.2, 0.25) is 0 Å². The number of benzene rings is 1. The smallest absolute Gasteiger partial charge is 0.266 e. The summed E-state index contributed by atoms with van der Waals surface area (Å²) in [5.74, 6) is -0.925. The van der Waals surface area contributed by atoms with Crippen molar-refractivity contribution in [3.63, 3.8) is 0 Å². The molecule has 1 aliphatic heterocycles. The first kappa shape index (κ1) is 21.4. The molecule has 0 aliphatic carbocycles. The number of nitriles is 1. The summed E-state index contributed by atoms with van der Waals surface area (Å²) in [6, 6.07) is 4.55. The molecule has 3 rings (SSSR count). The molecular formula is C18H23FN6O2S2. The molecule has 8 nitrogen and oxygen atoms in total. The number of anilines is 2. The van der Waals surface area contributed by atoms with Crippen LogP contribution in [0.15, 0.2) is 28.6 Å². The number of aromatic nitrogens is 1. The summed E-state index contributed by atoms with van der Waals surface area (Å²) < 4.78 is 41.5. The highest BCUT2D eigenvalue weighted by Crippen LogP contribution is 2.26. The number of unbranched alkanes of at least 4 members (excludes halogenated alkanes) is 1. The highest BCUT2D eigenvalue weighted by molar-refractivity contribution is 7.93. The van der Waals surface area contributed by atoms with Crippen LogP contribution in [-0.4, -0.2) is 45.6 Å². The Morgan fingerprint density at radius 1 is 1.34 bits per heavy atom. The number of hydrogen-bond donors (Lipinski definition) is 4. The second-order valence-corrected chi connectivity index (χ2v) is 9.21. The van der Waals surface area contributed by atoms with Gasteiger partial charge < -0.3 is 16.0 Å². The van der Waals surface area contributed by atoms with Crippen LogP contribution < -0.4 is 20.7 Å². The Morgan fingerprint density at radius 2 is 2.17 bits per heavy atom. The van der Waals surface area contributed by atoms with Crippen LogP contribution in [-0.2, 0) is 10.0 Å². The second kappa shape index (κ2) is 9.98. The van der Waals surface area contributed by atoms with Crippen LogP contribution in [0.1, 0.15) is 24.8 Å². The van der Waals surface area contributed by atoms with Crippen molar-refractivity contribution < 1.29 is 12.8 Å². The zero-order valence-electron chi connectivity index (χ0n) is 15.7. The molecule has 1 aromatic heterocycles. The van der Waals surface area contributed by atoms with Gasteiger partial charge in [-0.3, -0.25) is 4.72 Å². The van der Waals surface area contributed by atoms with Crippen molar-refractivity contribution in [2.75, 3.05) is 36.2 Å². The third kappa shape index (κ3) is 5.86. The predicted molar refractivity (Wildman–Crippen MR) is 111 cm³/mol. The van der Waals surface area contributed by atoms with Gasteiger partial charge in [0.15, 0.2) is 5.13 Å². The van der Waals surface area contributed by atoms with Crippen molar-refractivity contribution in [3.8, 4) is 6.07 Å². The van der Waals surface area contributed by atoms with E-state index in [1.165, 1.54) is 6.20 Å². The van der Waals surface area contributed by atoms with Gasteiger partial charge in [0.1, 0.15) is 16.8 Å². The molecule has 1 aliphatic rings. The van der Waals surface area contributed by atoms with E-state index < -0.39 is 20.7 Å². The van der Waals surface area contributed by atoms with E-state index in [0.29, 0.717) is 12.6 Å². The molecule has 0 spiro atoms. The van der Waals surface area contributed by atoms with E-state index in [4.69, 9.17) is 0 Å². The van der Waals surface area contributed by atoms with Crippen LogP contribution in [0.4, 0.5) is 15.2 Å². The van der Waals surface area contributed by atoms with E-state index in [2.05, 4.69) is 25.7 Å². The van der Waals surface area contributed by atoms with Crippen molar-refractivity contribution in [1.82, 2.24) is 15.6 Å². The molecule has 156 valence electrons. The van der Waals surface area contributed by atoms with Gasteiger partial charge in [0.05, 0.1) is 11.3 Å². The van der Waals surface area contributed by atoms with Gasteiger partial charge in [-0.2, -0.15) is 5.26 Å². The Kier molecular flexibility index (Phi) is 7.38. The number of hydrogen-bond acceptors (Lipinski definition) is 8. The quantitative estimate of drug-likeness (QED) is 0.420. The first-order valence-corrected chi connectivity index (χ1v) is 11.7. The summed E-state index contributed by atoms with van der Waals surface area (Å²) in [6.45, 7) is 3.50. The fourth-order valence-corrected chi connectivity index (χ4v) is 4.93. The van der Waals surface area contributed by atoms with E-state index in [-0.39, 0.29) is 16.4 Å². The van der Waals surface area contributed by atoms with Gasteiger partial charge in [-0.25, -0.2) is 17.8 Å².